The average molecular weight is 286 g/mol. The van der Waals surface area contributed by atoms with Gasteiger partial charge >= 0.3 is 5.51 Å². The summed E-state index contributed by atoms with van der Waals surface area (Å²) >= 11 is -0.0116. The molecule has 0 bridgehead atoms. The summed E-state index contributed by atoms with van der Waals surface area (Å²) < 4.78 is 35.7. The second-order valence-corrected chi connectivity index (χ2v) is 5.13. The first-order valence-corrected chi connectivity index (χ1v) is 6.79. The molecule has 0 saturated carbocycles. The molecule has 0 aliphatic carbocycles. The van der Waals surface area contributed by atoms with Crippen molar-refractivity contribution < 1.29 is 13.2 Å². The molecule has 0 spiro atoms. The zero-order valence-electron chi connectivity index (χ0n) is 10.1. The first-order valence-electron chi connectivity index (χ1n) is 5.81. The van der Waals surface area contributed by atoms with Crippen molar-refractivity contribution in [2.75, 3.05) is 12.3 Å². The maximum absolute atomic E-state index is 11.9. The van der Waals surface area contributed by atoms with Crippen molar-refractivity contribution in [3.05, 3.63) is 42.1 Å². The van der Waals surface area contributed by atoms with Gasteiger partial charge in [0.15, 0.2) is 0 Å². The van der Waals surface area contributed by atoms with Crippen LogP contribution in [0.15, 0.2) is 36.4 Å². The first-order chi connectivity index (χ1) is 9.04. The normalized spacial score (nSPS) is 11.9. The van der Waals surface area contributed by atoms with Gasteiger partial charge in [-0.3, -0.25) is 4.98 Å². The van der Waals surface area contributed by atoms with Gasteiger partial charge in [0.2, 0.25) is 0 Å². The van der Waals surface area contributed by atoms with Gasteiger partial charge in [-0.1, -0.05) is 24.3 Å². The quantitative estimate of drug-likeness (QED) is 0.850. The number of pyridine rings is 1. The summed E-state index contributed by atoms with van der Waals surface area (Å²) in [4.78, 5) is 4.43. The van der Waals surface area contributed by atoms with E-state index in [0.717, 1.165) is 16.6 Å². The lowest BCUT2D eigenvalue weighted by molar-refractivity contribution is -0.0327. The number of fused-ring (bicyclic) bond motifs is 1. The summed E-state index contributed by atoms with van der Waals surface area (Å²) in [6.45, 7) is 0.780. The monoisotopic (exact) mass is 286 g/mol. The fourth-order valence-corrected chi connectivity index (χ4v) is 2.14. The van der Waals surface area contributed by atoms with Crippen LogP contribution in [0, 0.1) is 0 Å². The van der Waals surface area contributed by atoms with Crippen molar-refractivity contribution >= 4 is 22.7 Å². The van der Waals surface area contributed by atoms with E-state index in [4.69, 9.17) is 0 Å². The van der Waals surface area contributed by atoms with Gasteiger partial charge in [0.1, 0.15) is 0 Å². The summed E-state index contributed by atoms with van der Waals surface area (Å²) in [5.41, 5.74) is -2.43. The van der Waals surface area contributed by atoms with Crippen molar-refractivity contribution in [3.8, 4) is 0 Å². The maximum atomic E-state index is 11.9. The molecule has 1 aromatic carbocycles. The summed E-state index contributed by atoms with van der Waals surface area (Å²) in [5.74, 6) is 0.0110. The van der Waals surface area contributed by atoms with Crippen LogP contribution in [0.5, 0.6) is 0 Å². The van der Waals surface area contributed by atoms with E-state index in [1.807, 2.05) is 36.4 Å². The number of para-hydroxylation sites is 1. The number of benzene rings is 1. The fraction of sp³-hybridized carbons (Fsp3) is 0.308. The number of alkyl halides is 3. The minimum absolute atomic E-state index is 0.0110. The predicted molar refractivity (Wildman–Crippen MR) is 72.0 cm³/mol. The van der Waals surface area contributed by atoms with E-state index in [2.05, 4.69) is 10.3 Å². The smallest absolute Gasteiger partial charge is 0.310 e. The largest absolute Gasteiger partial charge is 0.441 e. The molecule has 2 aromatic rings. The molecule has 2 nitrogen and oxygen atoms in total. The second-order valence-electron chi connectivity index (χ2n) is 3.97. The van der Waals surface area contributed by atoms with E-state index in [9.17, 15) is 13.2 Å². The number of aromatic nitrogens is 1. The third-order valence-electron chi connectivity index (χ3n) is 2.51. The SMILES string of the molecule is FC(F)(F)SCCNCc1ccc2ccccc2n1. The Bertz CT molecular complexity index is 543. The minimum Gasteiger partial charge on any atom is -0.310 e. The van der Waals surface area contributed by atoms with Gasteiger partial charge in [-0.25, -0.2) is 0 Å². The molecule has 1 aromatic heterocycles. The van der Waals surface area contributed by atoms with Gasteiger partial charge in [-0.05, 0) is 23.9 Å². The standard InChI is InChI=1S/C13H13F3N2S/c14-13(15,16)19-8-7-17-9-11-6-5-10-3-1-2-4-12(10)18-11/h1-6,17H,7-9H2. The molecule has 19 heavy (non-hydrogen) atoms. The van der Waals surface area contributed by atoms with Crippen molar-refractivity contribution in [1.82, 2.24) is 10.3 Å². The van der Waals surface area contributed by atoms with Gasteiger partial charge in [0.25, 0.3) is 0 Å². The molecule has 1 N–H and O–H groups in total. The average Bonchev–Trinajstić information content (AvgIpc) is 2.37. The highest BCUT2D eigenvalue weighted by Gasteiger charge is 2.27. The van der Waals surface area contributed by atoms with E-state index in [1.54, 1.807) is 0 Å². The number of thioether (sulfide) groups is 1. The zero-order chi connectivity index (χ0) is 13.7. The highest BCUT2D eigenvalue weighted by atomic mass is 32.2. The number of halogens is 3. The van der Waals surface area contributed by atoms with Gasteiger partial charge in [-0.15, -0.1) is 0 Å². The first kappa shape index (κ1) is 14.1. The van der Waals surface area contributed by atoms with Crippen molar-refractivity contribution in [2.45, 2.75) is 12.1 Å². The summed E-state index contributed by atoms with van der Waals surface area (Å²) in [5, 5.41) is 4.01. The van der Waals surface area contributed by atoms with Crippen LogP contribution in [-0.2, 0) is 6.54 Å². The minimum atomic E-state index is -4.15. The fourth-order valence-electron chi connectivity index (χ4n) is 1.66. The van der Waals surface area contributed by atoms with Crippen LogP contribution in [0.25, 0.3) is 10.9 Å². The third-order valence-corrected chi connectivity index (χ3v) is 3.24. The Morgan fingerprint density at radius 3 is 2.68 bits per heavy atom. The van der Waals surface area contributed by atoms with Crippen LogP contribution in [0.4, 0.5) is 13.2 Å². The van der Waals surface area contributed by atoms with E-state index >= 15 is 0 Å². The van der Waals surface area contributed by atoms with Crippen LogP contribution < -0.4 is 5.32 Å². The molecule has 0 aliphatic rings. The van der Waals surface area contributed by atoms with E-state index < -0.39 is 5.51 Å². The van der Waals surface area contributed by atoms with Gasteiger partial charge in [-0.2, -0.15) is 13.2 Å². The Morgan fingerprint density at radius 2 is 1.89 bits per heavy atom. The summed E-state index contributed by atoms with van der Waals surface area (Å²) in [7, 11) is 0. The lowest BCUT2D eigenvalue weighted by atomic mass is 10.2. The van der Waals surface area contributed by atoms with Crippen LogP contribution in [0.3, 0.4) is 0 Å². The predicted octanol–water partition coefficient (Wildman–Crippen LogP) is 3.58. The Labute approximate surface area is 113 Å². The Balaban J connectivity index is 1.82. The van der Waals surface area contributed by atoms with Crippen molar-refractivity contribution in [1.29, 1.82) is 0 Å². The summed E-state index contributed by atoms with van der Waals surface area (Å²) in [6, 6.07) is 11.6. The molecule has 0 fully saturated rings. The molecule has 0 aliphatic heterocycles. The third kappa shape index (κ3) is 4.72. The van der Waals surface area contributed by atoms with E-state index in [0.29, 0.717) is 13.1 Å². The van der Waals surface area contributed by atoms with Crippen molar-refractivity contribution in [2.24, 2.45) is 0 Å². The Hall–Kier alpha value is -1.27. The van der Waals surface area contributed by atoms with E-state index in [1.165, 1.54) is 0 Å². The molecular formula is C13H13F3N2S. The number of nitrogens with zero attached hydrogens (tertiary/aromatic N) is 1. The number of rotatable bonds is 5. The van der Waals surface area contributed by atoms with Crippen LogP contribution >= 0.6 is 11.8 Å². The molecule has 102 valence electrons. The number of hydrogen-bond acceptors (Lipinski definition) is 3. The van der Waals surface area contributed by atoms with Crippen LogP contribution in [0.1, 0.15) is 5.69 Å². The number of hydrogen-bond donors (Lipinski definition) is 1. The topological polar surface area (TPSA) is 24.9 Å². The van der Waals surface area contributed by atoms with Gasteiger partial charge in [0, 0.05) is 24.2 Å². The molecule has 0 radical (unpaired) electrons. The zero-order valence-corrected chi connectivity index (χ0v) is 10.9. The highest BCUT2D eigenvalue weighted by molar-refractivity contribution is 8.00. The van der Waals surface area contributed by atoms with E-state index in [-0.39, 0.29) is 17.5 Å². The second kappa shape index (κ2) is 6.25. The maximum Gasteiger partial charge on any atom is 0.441 e. The Morgan fingerprint density at radius 1 is 1.11 bits per heavy atom. The highest BCUT2D eigenvalue weighted by Crippen LogP contribution is 2.29. The lowest BCUT2D eigenvalue weighted by Gasteiger charge is -2.07. The van der Waals surface area contributed by atoms with Gasteiger partial charge < -0.3 is 5.32 Å². The molecule has 6 heteroatoms. The molecule has 0 atom stereocenters. The lowest BCUT2D eigenvalue weighted by Crippen LogP contribution is -2.19. The van der Waals surface area contributed by atoms with Crippen molar-refractivity contribution in [3.63, 3.8) is 0 Å². The molecule has 2 rings (SSSR count). The molecular weight excluding hydrogens is 273 g/mol. The van der Waals surface area contributed by atoms with Gasteiger partial charge in [0.05, 0.1) is 11.2 Å². The molecule has 0 unspecified atom stereocenters. The van der Waals surface area contributed by atoms with Crippen LogP contribution in [0.2, 0.25) is 0 Å². The Kier molecular flexibility index (Phi) is 4.66. The molecule has 0 saturated heterocycles. The summed E-state index contributed by atoms with van der Waals surface area (Å²) in [6.07, 6.45) is 0. The molecule has 0 amide bonds. The molecule has 1 heterocycles. The number of nitrogens with one attached hydrogen (secondary N) is 1. The van der Waals surface area contributed by atoms with Crippen LogP contribution in [-0.4, -0.2) is 22.8 Å².